The number of sulfonamides is 1. The Labute approximate surface area is 154 Å². The first kappa shape index (κ1) is 17.6. The van der Waals surface area contributed by atoms with Crippen molar-refractivity contribution in [3.8, 4) is 0 Å². The van der Waals surface area contributed by atoms with Gasteiger partial charge in [-0.25, -0.2) is 12.8 Å². The summed E-state index contributed by atoms with van der Waals surface area (Å²) in [5, 5.41) is 0. The van der Waals surface area contributed by atoms with Gasteiger partial charge in [0, 0.05) is 32.2 Å². The third kappa shape index (κ3) is 3.41. The molecule has 0 saturated carbocycles. The first-order chi connectivity index (χ1) is 12.5. The second-order valence-corrected chi connectivity index (χ2v) is 9.02. The largest absolute Gasteiger partial charge is 0.296 e. The molecule has 0 atom stereocenters. The van der Waals surface area contributed by atoms with Crippen LogP contribution in [0.1, 0.15) is 24.0 Å². The van der Waals surface area contributed by atoms with Crippen LogP contribution in [0.3, 0.4) is 0 Å². The second kappa shape index (κ2) is 7.10. The summed E-state index contributed by atoms with van der Waals surface area (Å²) in [6, 6.07) is 14.2. The molecule has 0 bridgehead atoms. The minimum Gasteiger partial charge on any atom is -0.296 e. The Bertz CT molecular complexity index is 892. The second-order valence-electron chi connectivity index (χ2n) is 7.08. The molecular weight excluding hydrogens is 351 g/mol. The Morgan fingerprint density at radius 1 is 0.923 bits per heavy atom. The minimum atomic E-state index is -3.61. The Balaban J connectivity index is 1.42. The van der Waals surface area contributed by atoms with Crippen molar-refractivity contribution in [3.63, 3.8) is 0 Å². The van der Waals surface area contributed by atoms with Gasteiger partial charge >= 0.3 is 0 Å². The molecule has 0 aliphatic carbocycles. The summed E-state index contributed by atoms with van der Waals surface area (Å²) in [7, 11) is -3.61. The summed E-state index contributed by atoms with van der Waals surface area (Å²) in [5.74, 6) is -0.520. The molecule has 0 aromatic heterocycles. The zero-order valence-electron chi connectivity index (χ0n) is 14.6. The Morgan fingerprint density at radius 3 is 2.38 bits per heavy atom. The predicted octanol–water partition coefficient (Wildman–Crippen LogP) is 3.04. The van der Waals surface area contributed by atoms with Gasteiger partial charge in [-0.1, -0.05) is 30.3 Å². The summed E-state index contributed by atoms with van der Waals surface area (Å²) in [5.41, 5.74) is 2.81. The Morgan fingerprint density at radius 2 is 1.65 bits per heavy atom. The summed E-state index contributed by atoms with van der Waals surface area (Å²) < 4.78 is 40.4. The van der Waals surface area contributed by atoms with Crippen LogP contribution in [-0.2, 0) is 23.0 Å². The van der Waals surface area contributed by atoms with Gasteiger partial charge in [-0.3, -0.25) is 4.90 Å². The van der Waals surface area contributed by atoms with Gasteiger partial charge in [-0.15, -0.1) is 0 Å². The van der Waals surface area contributed by atoms with Gasteiger partial charge in [0.15, 0.2) is 0 Å². The van der Waals surface area contributed by atoms with E-state index < -0.39 is 15.8 Å². The average molecular weight is 374 g/mol. The minimum absolute atomic E-state index is 0.0443. The van der Waals surface area contributed by atoms with Gasteiger partial charge in [-0.2, -0.15) is 4.31 Å². The van der Waals surface area contributed by atoms with Crippen molar-refractivity contribution < 1.29 is 12.8 Å². The molecule has 6 heteroatoms. The van der Waals surface area contributed by atoms with E-state index in [-0.39, 0.29) is 4.90 Å². The highest BCUT2D eigenvalue weighted by atomic mass is 32.2. The molecule has 1 saturated heterocycles. The van der Waals surface area contributed by atoms with Crippen LogP contribution >= 0.6 is 0 Å². The lowest BCUT2D eigenvalue weighted by atomic mass is 9.96. The van der Waals surface area contributed by atoms with Crippen molar-refractivity contribution in [3.05, 3.63) is 65.5 Å². The van der Waals surface area contributed by atoms with Gasteiger partial charge < -0.3 is 0 Å². The molecule has 2 aliphatic rings. The van der Waals surface area contributed by atoms with E-state index in [2.05, 4.69) is 29.2 Å². The van der Waals surface area contributed by atoms with Gasteiger partial charge in [0.05, 0.1) is 4.90 Å². The standard InChI is InChI=1S/C20H23FN2O2S/c21-18-6-3-7-20(14-18)26(24,25)23-12-9-19(10-13-23)22-11-8-16-4-1-2-5-17(16)15-22/h1-7,14,19H,8-13,15H2. The summed E-state index contributed by atoms with van der Waals surface area (Å²) in [6.45, 7) is 2.94. The molecule has 0 unspecified atom stereocenters. The zero-order valence-corrected chi connectivity index (χ0v) is 15.5. The summed E-state index contributed by atoms with van der Waals surface area (Å²) >= 11 is 0. The van der Waals surface area contributed by atoms with E-state index in [4.69, 9.17) is 0 Å². The molecule has 0 amide bonds. The van der Waals surface area contributed by atoms with E-state index >= 15 is 0 Å². The van der Waals surface area contributed by atoms with Crippen LogP contribution in [0, 0.1) is 5.82 Å². The normalized spacial score (nSPS) is 20.0. The van der Waals surface area contributed by atoms with E-state index in [1.165, 1.54) is 33.6 Å². The quantitative estimate of drug-likeness (QED) is 0.829. The van der Waals surface area contributed by atoms with E-state index in [0.717, 1.165) is 38.4 Å². The number of piperidine rings is 1. The Kier molecular flexibility index (Phi) is 4.82. The fourth-order valence-corrected chi connectivity index (χ4v) is 5.56. The van der Waals surface area contributed by atoms with Gasteiger partial charge in [0.25, 0.3) is 0 Å². The number of hydrogen-bond donors (Lipinski definition) is 0. The smallest absolute Gasteiger partial charge is 0.243 e. The number of halogens is 1. The molecule has 0 radical (unpaired) electrons. The van der Waals surface area contributed by atoms with Crippen LogP contribution in [0.5, 0.6) is 0 Å². The number of hydrogen-bond acceptors (Lipinski definition) is 3. The number of fused-ring (bicyclic) bond motifs is 1. The third-order valence-corrected chi connectivity index (χ3v) is 7.43. The first-order valence-corrected chi connectivity index (χ1v) is 10.5. The lowest BCUT2D eigenvalue weighted by Gasteiger charge is -2.40. The van der Waals surface area contributed by atoms with Crippen LogP contribution in [0.15, 0.2) is 53.4 Å². The monoisotopic (exact) mass is 374 g/mol. The number of nitrogens with zero attached hydrogens (tertiary/aromatic N) is 2. The fraction of sp³-hybridized carbons (Fsp3) is 0.400. The highest BCUT2D eigenvalue weighted by Crippen LogP contribution is 2.27. The average Bonchev–Trinajstić information content (AvgIpc) is 2.68. The molecule has 0 N–H and O–H groups in total. The molecular formula is C20H23FN2O2S. The highest BCUT2D eigenvalue weighted by Gasteiger charge is 2.32. The maximum absolute atomic E-state index is 13.4. The van der Waals surface area contributed by atoms with Crippen molar-refractivity contribution in [1.29, 1.82) is 0 Å². The van der Waals surface area contributed by atoms with Crippen LogP contribution in [0.25, 0.3) is 0 Å². The Hall–Kier alpha value is -1.76. The molecule has 2 aromatic rings. The molecule has 4 rings (SSSR count). The lowest BCUT2D eigenvalue weighted by molar-refractivity contribution is 0.126. The third-order valence-electron chi connectivity index (χ3n) is 5.53. The van der Waals surface area contributed by atoms with Crippen molar-refractivity contribution in [1.82, 2.24) is 9.21 Å². The van der Waals surface area contributed by atoms with Crippen LogP contribution in [-0.4, -0.2) is 43.3 Å². The maximum Gasteiger partial charge on any atom is 0.243 e. The SMILES string of the molecule is O=S(=O)(c1cccc(F)c1)N1CCC(N2CCc3ccccc3C2)CC1. The van der Waals surface area contributed by atoms with Crippen molar-refractivity contribution in [2.75, 3.05) is 19.6 Å². The van der Waals surface area contributed by atoms with Crippen LogP contribution < -0.4 is 0 Å². The van der Waals surface area contributed by atoms with Gasteiger partial charge in [-0.05, 0) is 48.6 Å². The van der Waals surface area contributed by atoms with E-state index in [1.807, 2.05) is 0 Å². The molecule has 26 heavy (non-hydrogen) atoms. The summed E-state index contributed by atoms with van der Waals surface area (Å²) in [6.07, 6.45) is 2.69. The highest BCUT2D eigenvalue weighted by molar-refractivity contribution is 7.89. The predicted molar refractivity (Wildman–Crippen MR) is 98.7 cm³/mol. The summed E-state index contributed by atoms with van der Waals surface area (Å²) in [4.78, 5) is 2.52. The maximum atomic E-state index is 13.4. The van der Waals surface area contributed by atoms with Gasteiger partial charge in [0.1, 0.15) is 5.82 Å². The molecule has 2 aromatic carbocycles. The molecule has 4 nitrogen and oxygen atoms in total. The molecule has 2 heterocycles. The van der Waals surface area contributed by atoms with Gasteiger partial charge in [0.2, 0.25) is 10.0 Å². The van der Waals surface area contributed by atoms with Crippen LogP contribution in [0.4, 0.5) is 4.39 Å². The molecule has 1 fully saturated rings. The first-order valence-electron chi connectivity index (χ1n) is 9.10. The van der Waals surface area contributed by atoms with Crippen molar-refractivity contribution in [2.45, 2.75) is 36.7 Å². The number of rotatable bonds is 3. The molecule has 138 valence electrons. The lowest BCUT2D eigenvalue weighted by Crippen LogP contribution is -2.48. The zero-order chi connectivity index (χ0) is 18.1. The fourth-order valence-electron chi connectivity index (χ4n) is 4.05. The van der Waals surface area contributed by atoms with E-state index in [9.17, 15) is 12.8 Å². The topological polar surface area (TPSA) is 40.6 Å². The number of benzene rings is 2. The van der Waals surface area contributed by atoms with E-state index in [1.54, 1.807) is 0 Å². The van der Waals surface area contributed by atoms with Crippen LogP contribution in [0.2, 0.25) is 0 Å². The molecule has 2 aliphatic heterocycles. The van der Waals surface area contributed by atoms with E-state index in [0.29, 0.717) is 19.1 Å². The van der Waals surface area contributed by atoms with Crippen molar-refractivity contribution >= 4 is 10.0 Å². The van der Waals surface area contributed by atoms with Crippen molar-refractivity contribution in [2.24, 2.45) is 0 Å². The molecule has 0 spiro atoms.